The molecule has 0 aliphatic heterocycles. The second-order valence-electron chi connectivity index (χ2n) is 6.71. The molecule has 0 aliphatic carbocycles. The van der Waals surface area contributed by atoms with E-state index in [-0.39, 0.29) is 41.5 Å². The molecule has 31 heavy (non-hydrogen) atoms. The molecule has 2 rings (SSSR count). The quantitative estimate of drug-likeness (QED) is 0.531. The number of benzene rings is 1. The average Bonchev–Trinajstić information content (AvgIpc) is 2.72. The molecule has 0 saturated carbocycles. The predicted octanol–water partition coefficient (Wildman–Crippen LogP) is 3.96. The maximum Gasteiger partial charge on any atom is 0.265 e. The number of aromatic nitrogens is 1. The summed E-state index contributed by atoms with van der Waals surface area (Å²) in [6.45, 7) is 5.08. The first kappa shape index (κ1) is 24.2. The molecule has 0 bridgehead atoms. The van der Waals surface area contributed by atoms with Crippen molar-refractivity contribution in [1.29, 1.82) is 0 Å². The standard InChI is InChI=1S/C21H21ClF3N3O3/c1-12(21(30)27-10-15-4-3-14(9-26-15)20(24)25)7-13(2)28-19(29)11-31-16-5-6-17(22)18(23)8-16/h3-6,8-9,13,20H,1,7,10-11H2,2H3,(H,27,30)(H,28,29). The van der Waals surface area contributed by atoms with Gasteiger partial charge in [0.05, 0.1) is 17.3 Å². The second-order valence-corrected chi connectivity index (χ2v) is 7.11. The third kappa shape index (κ3) is 7.93. The van der Waals surface area contributed by atoms with E-state index in [1.807, 2.05) is 0 Å². The van der Waals surface area contributed by atoms with Crippen LogP contribution in [0.2, 0.25) is 5.02 Å². The zero-order chi connectivity index (χ0) is 23.0. The van der Waals surface area contributed by atoms with E-state index in [2.05, 4.69) is 22.2 Å². The lowest BCUT2D eigenvalue weighted by molar-refractivity contribution is -0.124. The molecule has 1 unspecified atom stereocenters. The number of carbonyl (C=O) groups excluding carboxylic acids is 2. The van der Waals surface area contributed by atoms with Crippen molar-refractivity contribution in [3.8, 4) is 5.75 Å². The van der Waals surface area contributed by atoms with Crippen LogP contribution in [0.3, 0.4) is 0 Å². The van der Waals surface area contributed by atoms with Crippen LogP contribution in [0.1, 0.15) is 31.0 Å². The maximum atomic E-state index is 13.4. The second kappa shape index (κ2) is 11.4. The van der Waals surface area contributed by atoms with E-state index in [0.29, 0.717) is 5.69 Å². The van der Waals surface area contributed by atoms with Crippen molar-refractivity contribution in [1.82, 2.24) is 15.6 Å². The van der Waals surface area contributed by atoms with Crippen LogP contribution in [0.25, 0.3) is 0 Å². The van der Waals surface area contributed by atoms with Gasteiger partial charge in [0, 0.05) is 29.4 Å². The number of ether oxygens (including phenoxy) is 1. The highest BCUT2D eigenvalue weighted by atomic mass is 35.5. The van der Waals surface area contributed by atoms with E-state index < -0.39 is 30.1 Å². The molecule has 0 fully saturated rings. The summed E-state index contributed by atoms with van der Waals surface area (Å²) in [5.74, 6) is -1.41. The zero-order valence-electron chi connectivity index (χ0n) is 16.6. The fraction of sp³-hybridized carbons (Fsp3) is 0.286. The Morgan fingerprint density at radius 2 is 2.00 bits per heavy atom. The zero-order valence-corrected chi connectivity index (χ0v) is 17.4. The summed E-state index contributed by atoms with van der Waals surface area (Å²) >= 11 is 5.58. The Bertz CT molecular complexity index is 939. The Morgan fingerprint density at radius 3 is 2.61 bits per heavy atom. The average molecular weight is 456 g/mol. The van der Waals surface area contributed by atoms with Gasteiger partial charge in [-0.1, -0.05) is 18.2 Å². The highest BCUT2D eigenvalue weighted by molar-refractivity contribution is 6.30. The summed E-state index contributed by atoms with van der Waals surface area (Å²) in [7, 11) is 0. The van der Waals surface area contributed by atoms with E-state index in [9.17, 15) is 22.8 Å². The molecule has 0 saturated heterocycles. The smallest absolute Gasteiger partial charge is 0.265 e. The molecule has 2 N–H and O–H groups in total. The van der Waals surface area contributed by atoms with Crippen LogP contribution in [-0.2, 0) is 16.1 Å². The number of amides is 2. The van der Waals surface area contributed by atoms with Gasteiger partial charge in [0.2, 0.25) is 5.91 Å². The highest BCUT2D eigenvalue weighted by Gasteiger charge is 2.14. The summed E-state index contributed by atoms with van der Waals surface area (Å²) in [5, 5.41) is 5.18. The minimum Gasteiger partial charge on any atom is -0.484 e. The third-order valence-electron chi connectivity index (χ3n) is 4.07. The first-order valence-corrected chi connectivity index (χ1v) is 9.59. The Kier molecular flexibility index (Phi) is 8.87. The molecular weight excluding hydrogens is 435 g/mol. The van der Waals surface area contributed by atoms with E-state index >= 15 is 0 Å². The molecule has 2 amide bonds. The molecule has 0 radical (unpaired) electrons. The van der Waals surface area contributed by atoms with Crippen molar-refractivity contribution >= 4 is 23.4 Å². The monoisotopic (exact) mass is 455 g/mol. The van der Waals surface area contributed by atoms with Crippen LogP contribution in [-0.4, -0.2) is 29.4 Å². The van der Waals surface area contributed by atoms with Crippen LogP contribution in [0.15, 0.2) is 48.7 Å². The van der Waals surface area contributed by atoms with Gasteiger partial charge >= 0.3 is 0 Å². The van der Waals surface area contributed by atoms with Gasteiger partial charge in [-0.3, -0.25) is 14.6 Å². The van der Waals surface area contributed by atoms with Gasteiger partial charge in [0.15, 0.2) is 6.61 Å². The van der Waals surface area contributed by atoms with Crippen molar-refractivity contribution in [3.63, 3.8) is 0 Å². The number of hydrogen-bond donors (Lipinski definition) is 2. The van der Waals surface area contributed by atoms with E-state index in [1.54, 1.807) is 6.92 Å². The summed E-state index contributed by atoms with van der Waals surface area (Å²) in [6, 6.07) is 6.05. The highest BCUT2D eigenvalue weighted by Crippen LogP contribution is 2.20. The number of hydrogen-bond acceptors (Lipinski definition) is 4. The molecule has 166 valence electrons. The molecule has 1 heterocycles. The van der Waals surface area contributed by atoms with Gasteiger partial charge in [-0.2, -0.15) is 0 Å². The predicted molar refractivity (Wildman–Crippen MR) is 109 cm³/mol. The maximum absolute atomic E-state index is 13.4. The van der Waals surface area contributed by atoms with Gasteiger partial charge in [-0.05, 0) is 37.6 Å². The van der Waals surface area contributed by atoms with Crippen LogP contribution < -0.4 is 15.4 Å². The van der Waals surface area contributed by atoms with E-state index in [0.717, 1.165) is 12.3 Å². The van der Waals surface area contributed by atoms with Gasteiger partial charge in [0.25, 0.3) is 12.3 Å². The third-order valence-corrected chi connectivity index (χ3v) is 4.38. The lowest BCUT2D eigenvalue weighted by atomic mass is 10.1. The van der Waals surface area contributed by atoms with Crippen molar-refractivity contribution in [2.45, 2.75) is 32.4 Å². The molecule has 1 aromatic heterocycles. The minimum absolute atomic E-state index is 0.0492. The number of alkyl halides is 2. The SMILES string of the molecule is C=C(CC(C)NC(=O)COc1ccc(Cl)c(F)c1)C(=O)NCc1ccc(C(F)F)cn1. The van der Waals surface area contributed by atoms with E-state index in [1.165, 1.54) is 24.3 Å². The number of pyridine rings is 1. The number of nitrogens with one attached hydrogen (secondary N) is 2. The Labute approximate surface area is 182 Å². The van der Waals surface area contributed by atoms with Crippen LogP contribution >= 0.6 is 11.6 Å². The summed E-state index contributed by atoms with van der Waals surface area (Å²) < 4.78 is 43.6. The van der Waals surface area contributed by atoms with Gasteiger partial charge in [-0.25, -0.2) is 13.2 Å². The molecule has 10 heteroatoms. The topological polar surface area (TPSA) is 80.3 Å². The Hall–Kier alpha value is -3.07. The van der Waals surface area contributed by atoms with Gasteiger partial charge in [0.1, 0.15) is 11.6 Å². The Morgan fingerprint density at radius 1 is 1.26 bits per heavy atom. The number of carbonyl (C=O) groups is 2. The molecular formula is C21H21ClF3N3O3. The first-order valence-electron chi connectivity index (χ1n) is 9.22. The first-order chi connectivity index (χ1) is 14.7. The molecule has 0 spiro atoms. The van der Waals surface area contributed by atoms with Gasteiger partial charge in [-0.15, -0.1) is 0 Å². The molecule has 2 aromatic rings. The van der Waals surface area contributed by atoms with E-state index in [4.69, 9.17) is 16.3 Å². The lowest BCUT2D eigenvalue weighted by Crippen LogP contribution is -2.37. The fourth-order valence-electron chi connectivity index (χ4n) is 2.51. The van der Waals surface area contributed by atoms with Gasteiger partial charge < -0.3 is 15.4 Å². The molecule has 6 nitrogen and oxygen atoms in total. The van der Waals surface area contributed by atoms with Crippen molar-refractivity contribution in [3.05, 3.63) is 70.8 Å². The summed E-state index contributed by atoms with van der Waals surface area (Å²) in [6.07, 6.45) is -1.38. The van der Waals surface area contributed by atoms with Crippen molar-refractivity contribution < 1.29 is 27.5 Å². The molecule has 1 aromatic carbocycles. The normalized spacial score (nSPS) is 11.7. The summed E-state index contributed by atoms with van der Waals surface area (Å²) in [4.78, 5) is 28.0. The Balaban J connectivity index is 1.72. The number of halogens is 4. The molecule has 1 atom stereocenters. The summed E-state index contributed by atoms with van der Waals surface area (Å²) in [5.41, 5.74) is 0.439. The van der Waals surface area contributed by atoms with Crippen LogP contribution in [0.4, 0.5) is 13.2 Å². The largest absolute Gasteiger partial charge is 0.484 e. The van der Waals surface area contributed by atoms with Crippen molar-refractivity contribution in [2.75, 3.05) is 6.61 Å². The number of nitrogens with zero attached hydrogens (tertiary/aromatic N) is 1. The lowest BCUT2D eigenvalue weighted by Gasteiger charge is -2.16. The van der Waals surface area contributed by atoms with Crippen LogP contribution in [0, 0.1) is 5.82 Å². The minimum atomic E-state index is -2.61. The van der Waals surface area contributed by atoms with Crippen molar-refractivity contribution in [2.24, 2.45) is 0 Å². The fourth-order valence-corrected chi connectivity index (χ4v) is 2.63. The van der Waals surface area contributed by atoms with Crippen LogP contribution in [0.5, 0.6) is 5.75 Å². The number of rotatable bonds is 10. The molecule has 0 aliphatic rings.